The highest BCUT2D eigenvalue weighted by atomic mass is 35.5. The lowest BCUT2D eigenvalue weighted by molar-refractivity contribution is 0.811. The lowest BCUT2D eigenvalue weighted by atomic mass is 10.2. The molecule has 0 amide bonds. The van der Waals surface area contributed by atoms with Crippen LogP contribution in [0.15, 0.2) is 21.0 Å². The Bertz CT molecular complexity index is 687. The maximum Gasteiger partial charge on any atom is 0.251 e. The van der Waals surface area contributed by atoms with Crippen LogP contribution < -0.4 is 5.56 Å². The monoisotopic (exact) mass is 310 g/mol. The summed E-state index contributed by atoms with van der Waals surface area (Å²) < 4.78 is 0. The van der Waals surface area contributed by atoms with Crippen molar-refractivity contribution in [3.05, 3.63) is 38.4 Å². The molecule has 2 aromatic rings. The standard InChI is InChI=1S/C13H15ClN4OS/c1-4-5-9-6-10(19)16-13(15-9)20-12-8(3)7(2)11(14)17-18-12/h6H,4-5H2,1-3H3,(H,15,16,19). The van der Waals surface area contributed by atoms with Gasteiger partial charge in [0, 0.05) is 11.8 Å². The molecule has 2 heterocycles. The molecule has 1 N–H and O–H groups in total. The van der Waals surface area contributed by atoms with Gasteiger partial charge in [-0.1, -0.05) is 24.9 Å². The Morgan fingerprint density at radius 1 is 1.30 bits per heavy atom. The number of nitrogens with one attached hydrogen (secondary N) is 1. The van der Waals surface area contributed by atoms with E-state index in [4.69, 9.17) is 11.6 Å². The quantitative estimate of drug-likeness (QED) is 0.879. The molecule has 7 heteroatoms. The van der Waals surface area contributed by atoms with E-state index in [1.54, 1.807) is 0 Å². The Morgan fingerprint density at radius 2 is 2.05 bits per heavy atom. The molecule has 0 atom stereocenters. The SMILES string of the molecule is CCCc1cc(=O)[nH]c(Sc2nnc(Cl)c(C)c2C)n1. The van der Waals surface area contributed by atoms with Crippen LogP contribution in [0.5, 0.6) is 0 Å². The van der Waals surface area contributed by atoms with E-state index in [1.165, 1.54) is 17.8 Å². The normalized spacial score (nSPS) is 10.8. The summed E-state index contributed by atoms with van der Waals surface area (Å²) in [5, 5.41) is 9.57. The molecule has 0 radical (unpaired) electrons. The summed E-state index contributed by atoms with van der Waals surface area (Å²) in [4.78, 5) is 18.7. The van der Waals surface area contributed by atoms with Gasteiger partial charge in [-0.25, -0.2) is 4.98 Å². The smallest absolute Gasteiger partial charge is 0.251 e. The summed E-state index contributed by atoms with van der Waals surface area (Å²) in [6, 6.07) is 1.53. The van der Waals surface area contributed by atoms with Crippen LogP contribution in [0.2, 0.25) is 5.15 Å². The fraction of sp³-hybridized carbons (Fsp3) is 0.385. The summed E-state index contributed by atoms with van der Waals surface area (Å²) in [6.07, 6.45) is 1.72. The van der Waals surface area contributed by atoms with Crippen molar-refractivity contribution < 1.29 is 0 Å². The predicted molar refractivity (Wildman–Crippen MR) is 79.5 cm³/mol. The zero-order chi connectivity index (χ0) is 14.7. The second-order valence-corrected chi connectivity index (χ2v) is 5.78. The highest BCUT2D eigenvalue weighted by molar-refractivity contribution is 7.99. The van der Waals surface area contributed by atoms with Crippen molar-refractivity contribution in [3.63, 3.8) is 0 Å². The number of aromatic amines is 1. The van der Waals surface area contributed by atoms with Crippen LogP contribution in [0.3, 0.4) is 0 Å². The van der Waals surface area contributed by atoms with E-state index < -0.39 is 0 Å². The number of H-pyrrole nitrogens is 1. The van der Waals surface area contributed by atoms with Gasteiger partial charge in [0.2, 0.25) is 0 Å². The van der Waals surface area contributed by atoms with Crippen molar-refractivity contribution in [1.82, 2.24) is 20.2 Å². The Kier molecular flexibility index (Phi) is 4.77. The molecular weight excluding hydrogens is 296 g/mol. The minimum absolute atomic E-state index is 0.151. The van der Waals surface area contributed by atoms with Gasteiger partial charge >= 0.3 is 0 Å². The molecule has 0 saturated carbocycles. The minimum atomic E-state index is -0.151. The summed E-state index contributed by atoms with van der Waals surface area (Å²) in [5.41, 5.74) is 2.46. The summed E-state index contributed by atoms with van der Waals surface area (Å²) in [5.74, 6) is 0. The van der Waals surface area contributed by atoms with E-state index in [0.29, 0.717) is 15.3 Å². The van der Waals surface area contributed by atoms with Gasteiger partial charge in [0.25, 0.3) is 5.56 Å². The first-order valence-corrected chi connectivity index (χ1v) is 7.48. The van der Waals surface area contributed by atoms with Gasteiger partial charge in [-0.05, 0) is 43.2 Å². The highest BCUT2D eigenvalue weighted by Gasteiger charge is 2.11. The minimum Gasteiger partial charge on any atom is -0.301 e. The third-order valence-corrected chi connectivity index (χ3v) is 4.22. The third kappa shape index (κ3) is 3.37. The van der Waals surface area contributed by atoms with Gasteiger partial charge in [-0.2, -0.15) is 0 Å². The molecule has 5 nitrogen and oxygen atoms in total. The fourth-order valence-corrected chi connectivity index (χ4v) is 2.72. The van der Waals surface area contributed by atoms with Crippen molar-refractivity contribution in [2.45, 2.75) is 43.8 Å². The van der Waals surface area contributed by atoms with E-state index in [-0.39, 0.29) is 5.56 Å². The Morgan fingerprint density at radius 3 is 2.75 bits per heavy atom. The first-order valence-electron chi connectivity index (χ1n) is 6.28. The molecule has 0 aliphatic rings. The fourth-order valence-electron chi connectivity index (χ4n) is 1.66. The zero-order valence-electron chi connectivity index (χ0n) is 11.5. The van der Waals surface area contributed by atoms with Crippen molar-refractivity contribution in [3.8, 4) is 0 Å². The van der Waals surface area contributed by atoms with Crippen LogP contribution in [0, 0.1) is 13.8 Å². The average Bonchev–Trinajstić information content (AvgIpc) is 2.39. The zero-order valence-corrected chi connectivity index (χ0v) is 13.1. The molecule has 106 valence electrons. The molecule has 0 bridgehead atoms. The maximum atomic E-state index is 11.6. The summed E-state index contributed by atoms with van der Waals surface area (Å²) in [7, 11) is 0. The second kappa shape index (κ2) is 6.37. The first-order chi connectivity index (χ1) is 9.51. The van der Waals surface area contributed by atoms with Gasteiger partial charge < -0.3 is 4.98 Å². The molecule has 0 saturated heterocycles. The van der Waals surface area contributed by atoms with Gasteiger partial charge in [0.15, 0.2) is 10.3 Å². The Labute approximate surface area is 126 Å². The largest absolute Gasteiger partial charge is 0.301 e. The van der Waals surface area contributed by atoms with Crippen LogP contribution in [-0.4, -0.2) is 20.2 Å². The van der Waals surface area contributed by atoms with Crippen LogP contribution in [0.25, 0.3) is 0 Å². The number of rotatable bonds is 4. The van der Waals surface area contributed by atoms with E-state index >= 15 is 0 Å². The van der Waals surface area contributed by atoms with E-state index in [9.17, 15) is 4.79 Å². The van der Waals surface area contributed by atoms with Crippen molar-refractivity contribution >= 4 is 23.4 Å². The Hall–Kier alpha value is -1.40. The summed E-state index contributed by atoms with van der Waals surface area (Å²) >= 11 is 7.22. The van der Waals surface area contributed by atoms with Crippen LogP contribution in [0.1, 0.15) is 30.2 Å². The number of halogens is 1. The van der Waals surface area contributed by atoms with Crippen LogP contribution in [0.4, 0.5) is 0 Å². The van der Waals surface area contributed by atoms with E-state index in [1.807, 2.05) is 20.8 Å². The Balaban J connectivity index is 2.35. The van der Waals surface area contributed by atoms with Crippen molar-refractivity contribution in [1.29, 1.82) is 0 Å². The average molecular weight is 311 g/mol. The summed E-state index contributed by atoms with van der Waals surface area (Å²) in [6.45, 7) is 5.86. The number of hydrogen-bond acceptors (Lipinski definition) is 5. The lowest BCUT2D eigenvalue weighted by Gasteiger charge is -2.07. The number of hydrogen-bond donors (Lipinski definition) is 1. The topological polar surface area (TPSA) is 71.5 Å². The number of aryl methyl sites for hydroxylation is 1. The van der Waals surface area contributed by atoms with E-state index in [2.05, 4.69) is 20.2 Å². The first kappa shape index (κ1) is 15.0. The molecule has 0 fully saturated rings. The molecule has 2 rings (SSSR count). The van der Waals surface area contributed by atoms with Gasteiger partial charge in [0.1, 0.15) is 5.03 Å². The molecule has 0 aliphatic heterocycles. The second-order valence-electron chi connectivity index (χ2n) is 4.44. The van der Waals surface area contributed by atoms with Gasteiger partial charge in [0.05, 0.1) is 0 Å². The third-order valence-electron chi connectivity index (χ3n) is 2.89. The number of aromatic nitrogens is 4. The molecule has 0 spiro atoms. The number of nitrogens with zero attached hydrogens (tertiary/aromatic N) is 3. The molecule has 20 heavy (non-hydrogen) atoms. The van der Waals surface area contributed by atoms with Crippen LogP contribution in [-0.2, 0) is 6.42 Å². The molecule has 0 aromatic carbocycles. The maximum absolute atomic E-state index is 11.6. The van der Waals surface area contributed by atoms with Gasteiger partial charge in [-0.15, -0.1) is 10.2 Å². The molecule has 0 unspecified atom stereocenters. The lowest BCUT2D eigenvalue weighted by Crippen LogP contribution is -2.10. The molecule has 2 aromatic heterocycles. The van der Waals surface area contributed by atoms with Gasteiger partial charge in [-0.3, -0.25) is 4.79 Å². The molecular formula is C13H15ClN4OS. The molecule has 0 aliphatic carbocycles. The van der Waals surface area contributed by atoms with Crippen molar-refractivity contribution in [2.24, 2.45) is 0 Å². The van der Waals surface area contributed by atoms with Crippen LogP contribution >= 0.6 is 23.4 Å². The highest BCUT2D eigenvalue weighted by Crippen LogP contribution is 2.28. The van der Waals surface area contributed by atoms with E-state index in [0.717, 1.165) is 29.7 Å². The van der Waals surface area contributed by atoms with Crippen molar-refractivity contribution in [2.75, 3.05) is 0 Å². The predicted octanol–water partition coefficient (Wildman–Crippen LogP) is 2.93.